The van der Waals surface area contributed by atoms with Crippen LogP contribution in [0.15, 0.2) is 42.5 Å². The van der Waals surface area contributed by atoms with Crippen LogP contribution in [0.4, 0.5) is 5.69 Å². The van der Waals surface area contributed by atoms with E-state index in [1.165, 1.54) is 11.3 Å². The quantitative estimate of drug-likeness (QED) is 0.349. The molecule has 0 aliphatic rings. The standard InChI is InChI=1S/C21H21ClN2O3S2/c1-3-4-11-27-14-7-5-13(6-8-14)23-21(28)24-20(25)19-18(22)16-10-9-15(26-2)12-17(16)29-19/h5-10,12H,3-4,11H2,1-2H3,(H2,23,24,25,28). The summed E-state index contributed by atoms with van der Waals surface area (Å²) in [6.07, 6.45) is 2.11. The van der Waals surface area contributed by atoms with E-state index in [1.807, 2.05) is 42.5 Å². The van der Waals surface area contributed by atoms with Gasteiger partial charge < -0.3 is 14.8 Å². The maximum Gasteiger partial charge on any atom is 0.269 e. The molecule has 0 bridgehead atoms. The first-order chi connectivity index (χ1) is 14.0. The number of amides is 1. The van der Waals surface area contributed by atoms with Gasteiger partial charge in [0.15, 0.2) is 5.11 Å². The normalized spacial score (nSPS) is 10.6. The number of nitrogens with one attached hydrogen (secondary N) is 2. The minimum atomic E-state index is -0.354. The molecule has 0 radical (unpaired) electrons. The van der Waals surface area contributed by atoms with Gasteiger partial charge in [-0.1, -0.05) is 24.9 Å². The maximum absolute atomic E-state index is 12.6. The third-order valence-electron chi connectivity index (χ3n) is 4.15. The van der Waals surface area contributed by atoms with Gasteiger partial charge in [0.2, 0.25) is 0 Å². The molecule has 0 spiro atoms. The fourth-order valence-corrected chi connectivity index (χ4v) is 4.26. The molecule has 0 fully saturated rings. The Kier molecular flexibility index (Phi) is 7.30. The van der Waals surface area contributed by atoms with Gasteiger partial charge in [0.05, 0.1) is 18.7 Å². The third kappa shape index (κ3) is 5.38. The van der Waals surface area contributed by atoms with E-state index in [0.29, 0.717) is 22.3 Å². The molecule has 0 aliphatic carbocycles. The minimum Gasteiger partial charge on any atom is -0.497 e. The predicted octanol–water partition coefficient (Wildman–Crippen LogP) is 5.87. The van der Waals surface area contributed by atoms with Crippen LogP contribution in [0.3, 0.4) is 0 Å². The number of rotatable bonds is 7. The number of unbranched alkanes of at least 4 members (excludes halogenated alkanes) is 1. The van der Waals surface area contributed by atoms with Crippen molar-refractivity contribution in [2.24, 2.45) is 0 Å². The highest BCUT2D eigenvalue weighted by Crippen LogP contribution is 2.37. The van der Waals surface area contributed by atoms with E-state index in [9.17, 15) is 4.79 Å². The lowest BCUT2D eigenvalue weighted by Gasteiger charge is -2.10. The summed E-state index contributed by atoms with van der Waals surface area (Å²) < 4.78 is 11.7. The van der Waals surface area contributed by atoms with Crippen molar-refractivity contribution in [1.82, 2.24) is 5.32 Å². The van der Waals surface area contributed by atoms with Gasteiger partial charge in [0.25, 0.3) is 5.91 Å². The van der Waals surface area contributed by atoms with Crippen molar-refractivity contribution in [3.8, 4) is 11.5 Å². The molecule has 152 valence electrons. The van der Waals surface area contributed by atoms with E-state index in [1.54, 1.807) is 7.11 Å². The average molecular weight is 449 g/mol. The van der Waals surface area contributed by atoms with Crippen LogP contribution in [0, 0.1) is 0 Å². The Hall–Kier alpha value is -2.35. The number of thiocarbonyl (C=S) groups is 1. The zero-order valence-electron chi connectivity index (χ0n) is 16.1. The number of carbonyl (C=O) groups excluding carboxylic acids is 1. The van der Waals surface area contributed by atoms with Crippen molar-refractivity contribution in [3.63, 3.8) is 0 Å². The Balaban J connectivity index is 1.62. The van der Waals surface area contributed by atoms with Crippen molar-refractivity contribution < 1.29 is 14.3 Å². The van der Waals surface area contributed by atoms with Crippen LogP contribution in [-0.2, 0) is 0 Å². The summed E-state index contributed by atoms with van der Waals surface area (Å²) >= 11 is 12.9. The van der Waals surface area contributed by atoms with Gasteiger partial charge in [0.1, 0.15) is 16.4 Å². The number of anilines is 1. The molecule has 0 atom stereocenters. The highest BCUT2D eigenvalue weighted by molar-refractivity contribution is 7.80. The molecule has 29 heavy (non-hydrogen) atoms. The number of thiophene rings is 1. The first-order valence-electron chi connectivity index (χ1n) is 9.13. The molecule has 1 aromatic heterocycles. The van der Waals surface area contributed by atoms with Gasteiger partial charge >= 0.3 is 0 Å². The molecule has 0 saturated heterocycles. The van der Waals surface area contributed by atoms with E-state index in [4.69, 9.17) is 33.3 Å². The summed E-state index contributed by atoms with van der Waals surface area (Å²) in [7, 11) is 1.60. The van der Waals surface area contributed by atoms with Crippen LogP contribution in [0.2, 0.25) is 5.02 Å². The highest BCUT2D eigenvalue weighted by Gasteiger charge is 2.18. The minimum absolute atomic E-state index is 0.195. The molecule has 1 amide bonds. The summed E-state index contributed by atoms with van der Waals surface area (Å²) in [6, 6.07) is 12.9. The third-order valence-corrected chi connectivity index (χ3v) is 6.01. The molecule has 2 N–H and O–H groups in total. The molecule has 3 aromatic rings. The number of halogens is 1. The van der Waals surface area contributed by atoms with Crippen LogP contribution in [0.5, 0.6) is 11.5 Å². The fraction of sp³-hybridized carbons (Fsp3) is 0.238. The molecule has 2 aromatic carbocycles. The van der Waals surface area contributed by atoms with Crippen molar-refractivity contribution in [1.29, 1.82) is 0 Å². The zero-order chi connectivity index (χ0) is 20.8. The highest BCUT2D eigenvalue weighted by atomic mass is 35.5. The van der Waals surface area contributed by atoms with E-state index in [2.05, 4.69) is 17.6 Å². The summed E-state index contributed by atoms with van der Waals surface area (Å²) in [4.78, 5) is 13.0. The largest absolute Gasteiger partial charge is 0.497 e. The van der Waals surface area contributed by atoms with E-state index in [0.717, 1.165) is 34.4 Å². The molecule has 0 aliphatic heterocycles. The molecule has 0 saturated carbocycles. The maximum atomic E-state index is 12.6. The van der Waals surface area contributed by atoms with Crippen LogP contribution in [0.1, 0.15) is 29.4 Å². The van der Waals surface area contributed by atoms with Gasteiger partial charge in [-0.25, -0.2) is 0 Å². The molecular formula is C21H21ClN2O3S2. The van der Waals surface area contributed by atoms with Gasteiger partial charge in [-0.3, -0.25) is 10.1 Å². The molecule has 0 unspecified atom stereocenters. The number of hydrogen-bond donors (Lipinski definition) is 2. The Bertz CT molecular complexity index is 1020. The SMILES string of the molecule is CCCCOc1ccc(NC(=S)NC(=O)c2sc3cc(OC)ccc3c2Cl)cc1. The Morgan fingerprint density at radius 1 is 1.17 bits per heavy atom. The van der Waals surface area contributed by atoms with Crippen LogP contribution in [-0.4, -0.2) is 24.7 Å². The van der Waals surface area contributed by atoms with Gasteiger partial charge in [0, 0.05) is 15.8 Å². The second-order valence-electron chi connectivity index (χ2n) is 6.24. The van der Waals surface area contributed by atoms with Crippen molar-refractivity contribution >= 4 is 61.9 Å². The number of hydrogen-bond acceptors (Lipinski definition) is 5. The lowest BCUT2D eigenvalue weighted by atomic mass is 10.2. The topological polar surface area (TPSA) is 59.6 Å². The molecule has 1 heterocycles. The molecule has 5 nitrogen and oxygen atoms in total. The monoisotopic (exact) mass is 448 g/mol. The van der Waals surface area contributed by atoms with Crippen LogP contribution >= 0.6 is 35.2 Å². The molecular weight excluding hydrogens is 428 g/mol. The summed E-state index contributed by atoms with van der Waals surface area (Å²) in [5.41, 5.74) is 0.755. The second kappa shape index (κ2) is 9.91. The van der Waals surface area contributed by atoms with Crippen LogP contribution in [0.25, 0.3) is 10.1 Å². The first-order valence-corrected chi connectivity index (χ1v) is 10.7. The average Bonchev–Trinajstić information content (AvgIpc) is 3.05. The van der Waals surface area contributed by atoms with Crippen molar-refractivity contribution in [2.75, 3.05) is 19.0 Å². The number of fused-ring (bicyclic) bond motifs is 1. The van der Waals surface area contributed by atoms with E-state index < -0.39 is 0 Å². The first kappa shape index (κ1) is 21.4. The van der Waals surface area contributed by atoms with Gasteiger partial charge in [-0.05, 0) is 61.1 Å². The van der Waals surface area contributed by atoms with Crippen molar-refractivity contribution in [2.45, 2.75) is 19.8 Å². The summed E-state index contributed by atoms with van der Waals surface area (Å²) in [5.74, 6) is 1.15. The number of benzene rings is 2. The van der Waals surface area contributed by atoms with Crippen LogP contribution < -0.4 is 20.1 Å². The Morgan fingerprint density at radius 3 is 2.59 bits per heavy atom. The van der Waals surface area contributed by atoms with Gasteiger partial charge in [-0.15, -0.1) is 11.3 Å². The predicted molar refractivity (Wildman–Crippen MR) is 124 cm³/mol. The Morgan fingerprint density at radius 2 is 1.90 bits per heavy atom. The lowest BCUT2D eigenvalue weighted by molar-refractivity contribution is 0.0982. The van der Waals surface area contributed by atoms with E-state index >= 15 is 0 Å². The Labute approximate surface area is 184 Å². The molecule has 8 heteroatoms. The fourth-order valence-electron chi connectivity index (χ4n) is 2.61. The summed E-state index contributed by atoms with van der Waals surface area (Å²) in [5, 5.41) is 7.08. The van der Waals surface area contributed by atoms with Crippen molar-refractivity contribution in [3.05, 3.63) is 52.4 Å². The van der Waals surface area contributed by atoms with E-state index in [-0.39, 0.29) is 11.0 Å². The smallest absolute Gasteiger partial charge is 0.269 e. The molecule has 3 rings (SSSR count). The zero-order valence-corrected chi connectivity index (χ0v) is 18.5. The number of methoxy groups -OCH3 is 1. The lowest BCUT2D eigenvalue weighted by Crippen LogP contribution is -2.33. The summed E-state index contributed by atoms with van der Waals surface area (Å²) in [6.45, 7) is 2.81. The number of carbonyl (C=O) groups is 1. The second-order valence-corrected chi connectivity index (χ2v) is 8.08. The van der Waals surface area contributed by atoms with Gasteiger partial charge in [-0.2, -0.15) is 0 Å². The number of ether oxygens (including phenoxy) is 2.